The molecule has 0 fully saturated rings. The van der Waals surface area contributed by atoms with Crippen LogP contribution in [0, 0.1) is 0 Å². The molecule has 0 aromatic heterocycles. The van der Waals surface area contributed by atoms with Crippen molar-refractivity contribution in [3.8, 4) is 5.75 Å². The molecule has 1 N–H and O–H groups in total. The van der Waals surface area contributed by atoms with Crippen molar-refractivity contribution < 1.29 is 9.84 Å². The van der Waals surface area contributed by atoms with Crippen LogP contribution < -0.4 is 4.74 Å². The first-order chi connectivity index (χ1) is 6.72. The van der Waals surface area contributed by atoms with Crippen LogP contribution in [0.15, 0.2) is 18.2 Å². The van der Waals surface area contributed by atoms with Crippen molar-refractivity contribution in [3.05, 3.63) is 29.3 Å². The minimum Gasteiger partial charge on any atom is -0.496 e. The number of β-amino-alcohol motifs (C(OH)–C–C–N with tert-alkyl or cyclic N) is 1. The molecule has 76 valence electrons. The first kappa shape index (κ1) is 9.49. The zero-order valence-electron chi connectivity index (χ0n) is 8.53. The number of benzene rings is 1. The van der Waals surface area contributed by atoms with Gasteiger partial charge in [0.2, 0.25) is 0 Å². The number of aliphatic hydroxyl groups excluding tert-OH is 1. The van der Waals surface area contributed by atoms with Crippen LogP contribution in [0.3, 0.4) is 0 Å². The van der Waals surface area contributed by atoms with Gasteiger partial charge in [-0.05, 0) is 18.7 Å². The Balaban J connectivity index is 2.47. The van der Waals surface area contributed by atoms with Crippen LogP contribution in [-0.4, -0.2) is 30.7 Å². The number of fused-ring (bicyclic) bond motifs is 1. The van der Waals surface area contributed by atoms with Gasteiger partial charge in [-0.1, -0.05) is 12.1 Å². The Morgan fingerprint density at radius 1 is 1.50 bits per heavy atom. The van der Waals surface area contributed by atoms with Gasteiger partial charge in [-0.15, -0.1) is 0 Å². The maximum Gasteiger partial charge on any atom is 0.123 e. The highest BCUT2D eigenvalue weighted by molar-refractivity contribution is 5.42. The van der Waals surface area contributed by atoms with Gasteiger partial charge < -0.3 is 9.84 Å². The number of nitrogens with zero attached hydrogens (tertiary/aromatic N) is 1. The van der Waals surface area contributed by atoms with Gasteiger partial charge in [-0.2, -0.15) is 0 Å². The molecule has 0 unspecified atom stereocenters. The van der Waals surface area contributed by atoms with Crippen molar-refractivity contribution in [2.45, 2.75) is 12.6 Å². The lowest BCUT2D eigenvalue weighted by molar-refractivity contribution is 0.106. The zero-order chi connectivity index (χ0) is 10.1. The van der Waals surface area contributed by atoms with Crippen LogP contribution in [0.2, 0.25) is 0 Å². The van der Waals surface area contributed by atoms with Crippen molar-refractivity contribution in [2.24, 2.45) is 0 Å². The molecule has 1 aliphatic heterocycles. The Labute approximate surface area is 83.9 Å². The SMILES string of the molecule is COc1cccc2c1CN(C)C[C@@H]2O. The molecule has 1 heterocycles. The van der Waals surface area contributed by atoms with E-state index in [4.69, 9.17) is 4.74 Å². The smallest absolute Gasteiger partial charge is 0.123 e. The molecule has 1 aromatic rings. The van der Waals surface area contributed by atoms with Gasteiger partial charge in [-0.25, -0.2) is 0 Å². The van der Waals surface area contributed by atoms with Crippen molar-refractivity contribution in [1.82, 2.24) is 4.90 Å². The minimum atomic E-state index is -0.390. The quantitative estimate of drug-likeness (QED) is 0.726. The van der Waals surface area contributed by atoms with Gasteiger partial charge in [0.25, 0.3) is 0 Å². The van der Waals surface area contributed by atoms with E-state index in [1.54, 1.807) is 7.11 Å². The van der Waals surface area contributed by atoms with E-state index in [0.717, 1.165) is 23.4 Å². The van der Waals surface area contributed by atoms with E-state index in [1.807, 2.05) is 25.2 Å². The molecule has 0 spiro atoms. The number of likely N-dealkylation sites (N-methyl/N-ethyl adjacent to an activating group) is 1. The van der Waals surface area contributed by atoms with Crippen LogP contribution in [-0.2, 0) is 6.54 Å². The second kappa shape index (κ2) is 3.59. The monoisotopic (exact) mass is 193 g/mol. The van der Waals surface area contributed by atoms with Gasteiger partial charge >= 0.3 is 0 Å². The molecule has 3 heteroatoms. The standard InChI is InChI=1S/C11H15NO2/c1-12-6-9-8(10(13)7-12)4-3-5-11(9)14-2/h3-5,10,13H,6-7H2,1-2H3/t10-/m0/s1. The molecule has 3 nitrogen and oxygen atoms in total. The molecule has 0 radical (unpaired) electrons. The molecule has 0 aliphatic carbocycles. The third kappa shape index (κ3) is 1.49. The maximum absolute atomic E-state index is 9.85. The largest absolute Gasteiger partial charge is 0.496 e. The first-order valence-corrected chi connectivity index (χ1v) is 4.74. The fraction of sp³-hybridized carbons (Fsp3) is 0.455. The van der Waals surface area contributed by atoms with E-state index >= 15 is 0 Å². The predicted molar refractivity (Wildman–Crippen MR) is 54.3 cm³/mol. The summed E-state index contributed by atoms with van der Waals surface area (Å²) in [4.78, 5) is 2.09. The molecule has 14 heavy (non-hydrogen) atoms. The fourth-order valence-electron chi connectivity index (χ4n) is 1.98. The van der Waals surface area contributed by atoms with E-state index in [-0.39, 0.29) is 6.10 Å². The second-order valence-corrected chi connectivity index (χ2v) is 3.74. The van der Waals surface area contributed by atoms with Crippen LogP contribution in [0.25, 0.3) is 0 Å². The Kier molecular flexibility index (Phi) is 2.44. The Bertz CT molecular complexity index is 338. The topological polar surface area (TPSA) is 32.7 Å². The highest BCUT2D eigenvalue weighted by atomic mass is 16.5. The number of methoxy groups -OCH3 is 1. The summed E-state index contributed by atoms with van der Waals surface area (Å²) in [5.74, 6) is 0.869. The average Bonchev–Trinajstić information content (AvgIpc) is 2.17. The lowest BCUT2D eigenvalue weighted by atomic mass is 9.97. The fourth-order valence-corrected chi connectivity index (χ4v) is 1.98. The van der Waals surface area contributed by atoms with Crippen molar-refractivity contribution >= 4 is 0 Å². The molecule has 0 saturated heterocycles. The Morgan fingerprint density at radius 2 is 2.29 bits per heavy atom. The molecular formula is C11H15NO2. The lowest BCUT2D eigenvalue weighted by Crippen LogP contribution is -2.30. The first-order valence-electron chi connectivity index (χ1n) is 4.74. The van der Waals surface area contributed by atoms with E-state index in [0.29, 0.717) is 6.54 Å². The second-order valence-electron chi connectivity index (χ2n) is 3.74. The van der Waals surface area contributed by atoms with Crippen LogP contribution in [0.4, 0.5) is 0 Å². The van der Waals surface area contributed by atoms with Gasteiger partial charge in [-0.3, -0.25) is 4.90 Å². The molecule has 0 bridgehead atoms. The van der Waals surface area contributed by atoms with Gasteiger partial charge in [0.05, 0.1) is 13.2 Å². The molecule has 1 aromatic carbocycles. The summed E-state index contributed by atoms with van der Waals surface area (Å²) in [6, 6.07) is 5.83. The maximum atomic E-state index is 9.85. The molecule has 0 amide bonds. The van der Waals surface area contributed by atoms with Crippen molar-refractivity contribution in [3.63, 3.8) is 0 Å². The summed E-state index contributed by atoms with van der Waals surface area (Å²) >= 11 is 0. The average molecular weight is 193 g/mol. The summed E-state index contributed by atoms with van der Waals surface area (Å²) in [7, 11) is 3.66. The van der Waals surface area contributed by atoms with Gasteiger partial charge in [0.1, 0.15) is 5.75 Å². The normalized spacial score (nSPS) is 21.8. The van der Waals surface area contributed by atoms with Crippen molar-refractivity contribution in [2.75, 3.05) is 20.7 Å². The van der Waals surface area contributed by atoms with Gasteiger partial charge in [0.15, 0.2) is 0 Å². The lowest BCUT2D eigenvalue weighted by Gasteiger charge is -2.30. The Morgan fingerprint density at radius 3 is 3.00 bits per heavy atom. The van der Waals surface area contributed by atoms with E-state index in [2.05, 4.69) is 4.90 Å². The number of rotatable bonds is 1. The van der Waals surface area contributed by atoms with Crippen LogP contribution >= 0.6 is 0 Å². The van der Waals surface area contributed by atoms with Crippen LogP contribution in [0.5, 0.6) is 5.75 Å². The minimum absolute atomic E-state index is 0.390. The van der Waals surface area contributed by atoms with E-state index in [9.17, 15) is 5.11 Å². The number of ether oxygens (including phenoxy) is 1. The molecule has 0 saturated carbocycles. The molecule has 1 aliphatic rings. The third-order valence-electron chi connectivity index (χ3n) is 2.66. The van der Waals surface area contributed by atoms with E-state index in [1.165, 1.54) is 0 Å². The van der Waals surface area contributed by atoms with Crippen molar-refractivity contribution in [1.29, 1.82) is 0 Å². The van der Waals surface area contributed by atoms with Crippen LogP contribution in [0.1, 0.15) is 17.2 Å². The highest BCUT2D eigenvalue weighted by Gasteiger charge is 2.23. The molecule has 2 rings (SSSR count). The summed E-state index contributed by atoms with van der Waals surface area (Å²) in [6.45, 7) is 1.54. The summed E-state index contributed by atoms with van der Waals surface area (Å²) in [5, 5.41) is 9.85. The number of hydrogen-bond donors (Lipinski definition) is 1. The number of hydrogen-bond acceptors (Lipinski definition) is 3. The predicted octanol–water partition coefficient (Wildman–Crippen LogP) is 1.17. The molecular weight excluding hydrogens is 178 g/mol. The summed E-state index contributed by atoms with van der Waals surface area (Å²) < 4.78 is 5.27. The highest BCUT2D eigenvalue weighted by Crippen LogP contribution is 2.31. The zero-order valence-corrected chi connectivity index (χ0v) is 8.53. The number of aliphatic hydroxyl groups is 1. The third-order valence-corrected chi connectivity index (χ3v) is 2.66. The van der Waals surface area contributed by atoms with Gasteiger partial charge in [0, 0.05) is 18.7 Å². The molecule has 1 atom stereocenters. The summed E-state index contributed by atoms with van der Waals surface area (Å²) in [6.07, 6.45) is -0.390. The summed E-state index contributed by atoms with van der Waals surface area (Å²) in [5.41, 5.74) is 2.11. The van der Waals surface area contributed by atoms with E-state index < -0.39 is 0 Å². The Hall–Kier alpha value is -1.06.